The van der Waals surface area contributed by atoms with Gasteiger partial charge in [-0.2, -0.15) is 0 Å². The molecule has 1 aromatic rings. The highest BCUT2D eigenvalue weighted by Crippen LogP contribution is 3.02. The van der Waals surface area contributed by atoms with E-state index >= 15 is 0 Å². The van der Waals surface area contributed by atoms with Gasteiger partial charge in [-0.25, -0.2) is 0 Å². The molecule has 0 heterocycles. The van der Waals surface area contributed by atoms with E-state index < -0.39 is 15.1 Å². The van der Waals surface area contributed by atoms with Crippen molar-refractivity contribution in [2.75, 3.05) is 0 Å². The first-order valence-corrected chi connectivity index (χ1v) is 9.21. The Hall–Kier alpha value is -0.780. The van der Waals surface area contributed by atoms with Crippen LogP contribution in [-0.2, 0) is 12.8 Å². The lowest BCUT2D eigenvalue weighted by molar-refractivity contribution is 0.361. The summed E-state index contributed by atoms with van der Waals surface area (Å²) >= 11 is 0. The summed E-state index contributed by atoms with van der Waals surface area (Å²) in [5.74, 6) is 0. The Morgan fingerprint density at radius 1 is 0.810 bits per heavy atom. The molecule has 6 heteroatoms. The second-order valence-corrected chi connectivity index (χ2v) is 7.86. The van der Waals surface area contributed by atoms with Gasteiger partial charge in [0.2, 0.25) is 0 Å². The van der Waals surface area contributed by atoms with Crippen molar-refractivity contribution in [2.24, 2.45) is 0 Å². The molecule has 0 atom stereocenters. The third kappa shape index (κ3) is 4.87. The topological polar surface area (TPSA) is 0 Å². The first-order chi connectivity index (χ1) is 9.40. The molecule has 0 bridgehead atoms. The summed E-state index contributed by atoms with van der Waals surface area (Å²) in [6, 6.07) is 2.81. The molecule has 0 amide bonds. The standard InChI is InChI=1S/C15H23F5S/c1-4-6-8-13-10-11-14(9-7-5-2)15(12(13)3)21(16,17,18,19)20/h10-11H,4-9H2,1-3H3. The summed E-state index contributed by atoms with van der Waals surface area (Å²) in [4.78, 5) is -1.64. The molecule has 0 fully saturated rings. The average molecular weight is 330 g/mol. The van der Waals surface area contributed by atoms with Gasteiger partial charge in [-0.05, 0) is 49.3 Å². The van der Waals surface area contributed by atoms with E-state index in [-0.39, 0.29) is 17.5 Å². The molecule has 21 heavy (non-hydrogen) atoms. The van der Waals surface area contributed by atoms with Gasteiger partial charge < -0.3 is 0 Å². The molecule has 0 aliphatic rings. The van der Waals surface area contributed by atoms with Crippen molar-refractivity contribution < 1.29 is 19.4 Å². The van der Waals surface area contributed by atoms with Gasteiger partial charge in [0.15, 0.2) is 0 Å². The number of hydrogen-bond donors (Lipinski definition) is 0. The Bertz CT molecular complexity index is 504. The van der Waals surface area contributed by atoms with Crippen LogP contribution < -0.4 is 0 Å². The molecule has 1 aromatic carbocycles. The summed E-state index contributed by atoms with van der Waals surface area (Å²) in [5, 5.41) is 0. The van der Waals surface area contributed by atoms with Crippen LogP contribution in [0, 0.1) is 6.92 Å². The molecule has 0 aliphatic heterocycles. The van der Waals surface area contributed by atoms with Crippen molar-refractivity contribution in [1.29, 1.82) is 0 Å². The van der Waals surface area contributed by atoms with E-state index in [1.807, 2.05) is 13.8 Å². The van der Waals surface area contributed by atoms with Crippen LogP contribution >= 0.6 is 10.2 Å². The molecule has 0 saturated carbocycles. The van der Waals surface area contributed by atoms with E-state index in [0.29, 0.717) is 31.2 Å². The van der Waals surface area contributed by atoms with E-state index in [1.165, 1.54) is 13.0 Å². The second kappa shape index (κ2) is 5.45. The first-order valence-electron chi connectivity index (χ1n) is 7.26. The molecular weight excluding hydrogens is 307 g/mol. The van der Waals surface area contributed by atoms with Crippen LogP contribution in [-0.4, -0.2) is 0 Å². The third-order valence-electron chi connectivity index (χ3n) is 3.58. The monoisotopic (exact) mass is 330 g/mol. The number of unbranched alkanes of at least 4 members (excludes halogenated alkanes) is 2. The Morgan fingerprint density at radius 3 is 1.67 bits per heavy atom. The molecule has 1 rings (SSSR count). The van der Waals surface area contributed by atoms with Gasteiger partial charge in [-0.15, -0.1) is 0 Å². The number of rotatable bonds is 7. The lowest BCUT2D eigenvalue weighted by atomic mass is 9.98. The van der Waals surface area contributed by atoms with Crippen molar-refractivity contribution in [3.63, 3.8) is 0 Å². The molecule has 0 unspecified atom stereocenters. The maximum absolute atomic E-state index is 13.4. The molecular formula is C15H23F5S. The highest BCUT2D eigenvalue weighted by molar-refractivity contribution is 8.45. The number of hydrogen-bond acceptors (Lipinski definition) is 0. The van der Waals surface area contributed by atoms with Crippen molar-refractivity contribution >= 4 is 10.2 Å². The van der Waals surface area contributed by atoms with Crippen LogP contribution in [0.2, 0.25) is 0 Å². The predicted molar refractivity (Wildman–Crippen MR) is 79.8 cm³/mol. The Balaban J connectivity index is 3.47. The zero-order valence-corrected chi connectivity index (χ0v) is 13.5. The van der Waals surface area contributed by atoms with Gasteiger partial charge in [0.1, 0.15) is 4.90 Å². The van der Waals surface area contributed by atoms with Crippen molar-refractivity contribution in [2.45, 2.75) is 64.2 Å². The van der Waals surface area contributed by atoms with Gasteiger partial charge in [0, 0.05) is 0 Å². The zero-order chi connectivity index (χ0) is 16.4. The molecule has 124 valence electrons. The van der Waals surface area contributed by atoms with Gasteiger partial charge in [-0.1, -0.05) is 58.3 Å². The minimum Gasteiger partial charge on any atom is -0.0936 e. The fourth-order valence-electron chi connectivity index (χ4n) is 2.53. The molecule has 0 radical (unpaired) electrons. The lowest BCUT2D eigenvalue weighted by Gasteiger charge is -2.43. The van der Waals surface area contributed by atoms with Crippen LogP contribution in [0.1, 0.15) is 56.2 Å². The Morgan fingerprint density at radius 2 is 1.24 bits per heavy atom. The zero-order valence-electron chi connectivity index (χ0n) is 12.7. The van der Waals surface area contributed by atoms with E-state index in [0.717, 1.165) is 6.42 Å². The Labute approximate surface area is 123 Å². The highest BCUT2D eigenvalue weighted by atomic mass is 32.5. The van der Waals surface area contributed by atoms with E-state index in [4.69, 9.17) is 0 Å². The molecule has 0 spiro atoms. The normalized spacial score (nSPS) is 15.6. The van der Waals surface area contributed by atoms with Crippen LogP contribution in [0.3, 0.4) is 0 Å². The molecule has 0 nitrogen and oxygen atoms in total. The van der Waals surface area contributed by atoms with E-state index in [1.54, 1.807) is 6.07 Å². The first kappa shape index (κ1) is 18.3. The number of halogens is 5. The van der Waals surface area contributed by atoms with Crippen LogP contribution in [0.5, 0.6) is 0 Å². The Kier molecular flexibility index (Phi) is 4.74. The van der Waals surface area contributed by atoms with E-state index in [2.05, 4.69) is 0 Å². The van der Waals surface area contributed by atoms with Crippen molar-refractivity contribution in [1.82, 2.24) is 0 Å². The molecule has 0 saturated heterocycles. The van der Waals surface area contributed by atoms with Gasteiger partial charge in [0.05, 0.1) is 0 Å². The summed E-state index contributed by atoms with van der Waals surface area (Å²) in [6.07, 6.45) is 3.06. The minimum atomic E-state index is -9.66. The summed E-state index contributed by atoms with van der Waals surface area (Å²) in [7, 11) is -9.66. The minimum absolute atomic E-state index is 0.0341. The maximum atomic E-state index is 13.4. The second-order valence-electron chi connectivity index (χ2n) is 5.51. The van der Waals surface area contributed by atoms with Crippen LogP contribution in [0.4, 0.5) is 19.4 Å². The van der Waals surface area contributed by atoms with Gasteiger partial charge in [-0.3, -0.25) is 0 Å². The molecule has 0 aromatic heterocycles. The van der Waals surface area contributed by atoms with Gasteiger partial charge in [0.25, 0.3) is 0 Å². The largest absolute Gasteiger partial charge is 0.310 e. The SMILES string of the molecule is CCCCc1ccc(CCCC)c(S(F)(F)(F)(F)F)c1C. The van der Waals surface area contributed by atoms with Crippen molar-refractivity contribution in [3.05, 3.63) is 28.8 Å². The van der Waals surface area contributed by atoms with E-state index in [9.17, 15) is 19.4 Å². The predicted octanol–water partition coefficient (Wildman–Crippen LogP) is 7.34. The summed E-state index contributed by atoms with van der Waals surface area (Å²) in [5.41, 5.74) is -0.190. The third-order valence-corrected chi connectivity index (χ3v) is 4.92. The maximum Gasteiger partial charge on any atom is 0.310 e. The van der Waals surface area contributed by atoms with Crippen LogP contribution in [0.25, 0.3) is 0 Å². The molecule has 0 N–H and O–H groups in total. The van der Waals surface area contributed by atoms with Gasteiger partial charge >= 0.3 is 10.2 Å². The van der Waals surface area contributed by atoms with Crippen LogP contribution in [0.15, 0.2) is 17.0 Å². The number of aryl methyl sites for hydroxylation is 2. The average Bonchev–Trinajstić information content (AvgIpc) is 2.31. The highest BCUT2D eigenvalue weighted by Gasteiger charge is 2.67. The summed E-state index contributed by atoms with van der Waals surface area (Å²) in [6.45, 7) is 4.91. The lowest BCUT2D eigenvalue weighted by Crippen LogP contribution is -2.13. The number of benzene rings is 1. The quantitative estimate of drug-likeness (QED) is 0.459. The summed E-state index contributed by atoms with van der Waals surface area (Å²) < 4.78 is 67.0. The fourth-order valence-corrected chi connectivity index (χ4v) is 3.90. The van der Waals surface area contributed by atoms with Crippen molar-refractivity contribution in [3.8, 4) is 0 Å². The molecule has 0 aliphatic carbocycles. The fraction of sp³-hybridized carbons (Fsp3) is 0.600. The smallest absolute Gasteiger partial charge is 0.0936 e.